The monoisotopic (exact) mass is 299 g/mol. The third-order valence-corrected chi connectivity index (χ3v) is 4.43. The molecule has 0 radical (unpaired) electrons. The predicted molar refractivity (Wildman–Crippen MR) is 88.3 cm³/mol. The van der Waals surface area contributed by atoms with Crippen molar-refractivity contribution in [2.75, 3.05) is 26.2 Å². The van der Waals surface area contributed by atoms with Gasteiger partial charge >= 0.3 is 0 Å². The average Bonchev–Trinajstić information content (AvgIpc) is 2.76. The van der Waals surface area contributed by atoms with Crippen molar-refractivity contribution in [3.63, 3.8) is 0 Å². The summed E-state index contributed by atoms with van der Waals surface area (Å²) in [5.41, 5.74) is 0.349. The van der Waals surface area contributed by atoms with Crippen molar-refractivity contribution >= 4 is 22.8 Å². The third-order valence-electron chi connectivity index (χ3n) is 3.29. The molecule has 0 aromatic carbocycles. The summed E-state index contributed by atoms with van der Waals surface area (Å²) in [7, 11) is 0. The van der Waals surface area contributed by atoms with E-state index in [1.165, 1.54) is 6.42 Å². The summed E-state index contributed by atoms with van der Waals surface area (Å²) in [4.78, 5) is 18.3. The fraction of sp³-hybridized carbons (Fsp3) is 0.867. The zero-order chi connectivity index (χ0) is 15.2. The lowest BCUT2D eigenvalue weighted by molar-refractivity contribution is -0.130. The summed E-state index contributed by atoms with van der Waals surface area (Å²) < 4.78 is 0. The Balaban J connectivity index is 2.23. The van der Waals surface area contributed by atoms with E-state index >= 15 is 0 Å². The fourth-order valence-electron chi connectivity index (χ4n) is 2.31. The number of amidine groups is 1. The molecular formula is C15H29N3OS. The lowest BCUT2D eigenvalue weighted by Crippen LogP contribution is -2.33. The number of hydrogen-bond donors (Lipinski definition) is 1. The zero-order valence-electron chi connectivity index (χ0n) is 13.5. The minimum absolute atomic E-state index is 0.220. The van der Waals surface area contributed by atoms with Crippen LogP contribution < -0.4 is 5.32 Å². The SMILES string of the molecule is CCN(CC)C(=O)CCNC1=NCC(CC(C)(C)C)S1. The van der Waals surface area contributed by atoms with Crippen molar-refractivity contribution in [3.8, 4) is 0 Å². The molecule has 0 bridgehead atoms. The molecule has 0 aromatic rings. The number of hydrogen-bond acceptors (Lipinski definition) is 4. The molecule has 1 N–H and O–H groups in total. The van der Waals surface area contributed by atoms with Crippen molar-refractivity contribution in [2.45, 2.75) is 52.7 Å². The molecule has 0 fully saturated rings. The molecule has 1 rings (SSSR count). The van der Waals surface area contributed by atoms with E-state index in [2.05, 4.69) is 31.1 Å². The highest BCUT2D eigenvalue weighted by Gasteiger charge is 2.24. The van der Waals surface area contributed by atoms with Crippen LogP contribution in [0.4, 0.5) is 0 Å². The molecule has 1 amide bonds. The molecular weight excluding hydrogens is 270 g/mol. The van der Waals surface area contributed by atoms with Crippen LogP contribution in [0.1, 0.15) is 47.5 Å². The first-order valence-electron chi connectivity index (χ1n) is 7.58. The van der Waals surface area contributed by atoms with Gasteiger partial charge in [-0.1, -0.05) is 32.5 Å². The maximum Gasteiger partial charge on any atom is 0.224 e. The van der Waals surface area contributed by atoms with Gasteiger partial charge in [-0.3, -0.25) is 9.79 Å². The molecule has 1 aliphatic heterocycles. The summed E-state index contributed by atoms with van der Waals surface area (Å²) >= 11 is 1.82. The van der Waals surface area contributed by atoms with Gasteiger partial charge in [-0.2, -0.15) is 0 Å². The lowest BCUT2D eigenvalue weighted by atomic mass is 9.90. The van der Waals surface area contributed by atoms with Gasteiger partial charge in [0.05, 0.1) is 6.54 Å². The molecule has 0 saturated heterocycles. The van der Waals surface area contributed by atoms with Crippen molar-refractivity contribution in [2.24, 2.45) is 10.4 Å². The number of nitrogens with zero attached hydrogens (tertiary/aromatic N) is 2. The third kappa shape index (κ3) is 6.16. The van der Waals surface area contributed by atoms with Gasteiger partial charge in [0.1, 0.15) is 0 Å². The van der Waals surface area contributed by atoms with E-state index < -0.39 is 0 Å². The summed E-state index contributed by atoms with van der Waals surface area (Å²) in [5.74, 6) is 0.220. The second-order valence-electron chi connectivity index (χ2n) is 6.39. The Morgan fingerprint density at radius 1 is 1.40 bits per heavy atom. The first-order valence-corrected chi connectivity index (χ1v) is 8.46. The number of aliphatic imine (C=N–C) groups is 1. The molecule has 1 unspecified atom stereocenters. The van der Waals surface area contributed by atoms with E-state index in [1.807, 2.05) is 30.5 Å². The Labute approximate surface area is 127 Å². The molecule has 1 atom stereocenters. The Hall–Kier alpha value is -0.710. The largest absolute Gasteiger partial charge is 0.364 e. The van der Waals surface area contributed by atoms with Crippen molar-refractivity contribution < 1.29 is 4.79 Å². The van der Waals surface area contributed by atoms with Crippen molar-refractivity contribution in [1.82, 2.24) is 10.2 Å². The summed E-state index contributed by atoms with van der Waals surface area (Å²) in [5, 5.41) is 4.88. The van der Waals surface area contributed by atoms with Gasteiger partial charge in [-0.25, -0.2) is 0 Å². The fourth-order valence-corrected chi connectivity index (χ4v) is 3.70. The number of rotatable bonds is 6. The van der Waals surface area contributed by atoms with E-state index in [9.17, 15) is 4.79 Å². The van der Waals surface area contributed by atoms with Gasteiger partial charge < -0.3 is 10.2 Å². The van der Waals surface area contributed by atoms with Gasteiger partial charge in [0, 0.05) is 31.3 Å². The number of carbonyl (C=O) groups is 1. The van der Waals surface area contributed by atoms with Crippen LogP contribution in [0, 0.1) is 5.41 Å². The van der Waals surface area contributed by atoms with Crippen LogP contribution in [0.25, 0.3) is 0 Å². The van der Waals surface area contributed by atoms with Crippen LogP contribution in [0.15, 0.2) is 4.99 Å². The van der Waals surface area contributed by atoms with E-state index in [4.69, 9.17) is 0 Å². The lowest BCUT2D eigenvalue weighted by Gasteiger charge is -2.21. The first-order chi connectivity index (χ1) is 9.35. The zero-order valence-corrected chi connectivity index (χ0v) is 14.3. The highest BCUT2D eigenvalue weighted by atomic mass is 32.2. The molecule has 1 heterocycles. The number of thioether (sulfide) groups is 1. The number of nitrogens with one attached hydrogen (secondary N) is 1. The molecule has 20 heavy (non-hydrogen) atoms. The summed E-state index contributed by atoms with van der Waals surface area (Å²) in [6, 6.07) is 0. The minimum Gasteiger partial charge on any atom is -0.364 e. The van der Waals surface area contributed by atoms with Crippen LogP contribution in [-0.4, -0.2) is 47.4 Å². The van der Waals surface area contributed by atoms with Gasteiger partial charge in [-0.15, -0.1) is 0 Å². The summed E-state index contributed by atoms with van der Waals surface area (Å²) in [6.45, 7) is 14.0. The van der Waals surface area contributed by atoms with Crippen LogP contribution in [0.2, 0.25) is 0 Å². The predicted octanol–water partition coefficient (Wildman–Crippen LogP) is 2.74. The highest BCUT2D eigenvalue weighted by Crippen LogP contribution is 2.31. The number of amides is 1. The van der Waals surface area contributed by atoms with Crippen molar-refractivity contribution in [3.05, 3.63) is 0 Å². The second kappa shape index (κ2) is 7.91. The quantitative estimate of drug-likeness (QED) is 0.820. The van der Waals surface area contributed by atoms with Gasteiger partial charge in [0.15, 0.2) is 5.17 Å². The van der Waals surface area contributed by atoms with Crippen LogP contribution in [0.3, 0.4) is 0 Å². The topological polar surface area (TPSA) is 44.7 Å². The van der Waals surface area contributed by atoms with Gasteiger partial charge in [0.2, 0.25) is 5.91 Å². The second-order valence-corrected chi connectivity index (χ2v) is 7.68. The Morgan fingerprint density at radius 2 is 2.05 bits per heavy atom. The normalized spacial score (nSPS) is 18.9. The molecule has 0 spiro atoms. The maximum atomic E-state index is 11.9. The van der Waals surface area contributed by atoms with E-state index in [-0.39, 0.29) is 5.91 Å². The van der Waals surface area contributed by atoms with E-state index in [0.717, 1.165) is 24.8 Å². The molecule has 4 nitrogen and oxygen atoms in total. The number of carbonyl (C=O) groups excluding carboxylic acids is 1. The molecule has 116 valence electrons. The standard InChI is InChI=1S/C15H29N3OS/c1-6-18(7-2)13(19)8-9-16-14-17-11-12(20-14)10-15(3,4)5/h12H,6-11H2,1-5H3,(H,16,17). The Kier molecular flexibility index (Phi) is 6.86. The minimum atomic E-state index is 0.220. The highest BCUT2D eigenvalue weighted by molar-refractivity contribution is 8.14. The maximum absolute atomic E-state index is 11.9. The molecule has 1 aliphatic rings. The van der Waals surface area contributed by atoms with E-state index in [0.29, 0.717) is 23.6 Å². The Bertz CT molecular complexity index is 346. The first kappa shape index (κ1) is 17.3. The van der Waals surface area contributed by atoms with Crippen LogP contribution in [-0.2, 0) is 4.79 Å². The summed E-state index contributed by atoms with van der Waals surface area (Å²) in [6.07, 6.45) is 1.72. The average molecular weight is 299 g/mol. The van der Waals surface area contributed by atoms with Crippen molar-refractivity contribution in [1.29, 1.82) is 0 Å². The van der Waals surface area contributed by atoms with Crippen LogP contribution in [0.5, 0.6) is 0 Å². The van der Waals surface area contributed by atoms with Crippen LogP contribution >= 0.6 is 11.8 Å². The van der Waals surface area contributed by atoms with Gasteiger partial charge in [0.25, 0.3) is 0 Å². The smallest absolute Gasteiger partial charge is 0.224 e. The Morgan fingerprint density at radius 3 is 2.60 bits per heavy atom. The molecule has 0 saturated carbocycles. The van der Waals surface area contributed by atoms with E-state index in [1.54, 1.807) is 0 Å². The van der Waals surface area contributed by atoms with Gasteiger partial charge in [-0.05, 0) is 25.7 Å². The molecule has 0 aromatic heterocycles. The molecule has 0 aliphatic carbocycles. The molecule has 5 heteroatoms.